The van der Waals surface area contributed by atoms with Crippen LogP contribution in [0.25, 0.3) is 0 Å². The number of hydrogen-bond donors (Lipinski definition) is 2. The SMILES string of the molecule is COc1cc(/C=N/NC(=O)COc2ccc(Cl)cc2)ccc1O. The third-order valence-electron chi connectivity index (χ3n) is 2.79. The third kappa shape index (κ3) is 5.19. The van der Waals surface area contributed by atoms with E-state index in [0.717, 1.165) is 0 Å². The van der Waals surface area contributed by atoms with Crippen LogP contribution in [0, 0.1) is 0 Å². The maximum Gasteiger partial charge on any atom is 0.277 e. The van der Waals surface area contributed by atoms with Crippen molar-refractivity contribution in [3.8, 4) is 17.2 Å². The Morgan fingerprint density at radius 3 is 2.74 bits per heavy atom. The number of phenols is 1. The molecule has 0 fully saturated rings. The number of carbonyl (C=O) groups is 1. The van der Waals surface area contributed by atoms with Gasteiger partial charge in [-0.25, -0.2) is 5.43 Å². The summed E-state index contributed by atoms with van der Waals surface area (Å²) < 4.78 is 10.3. The number of aromatic hydroxyl groups is 1. The van der Waals surface area contributed by atoms with Gasteiger partial charge in [0.25, 0.3) is 5.91 Å². The van der Waals surface area contributed by atoms with E-state index in [2.05, 4.69) is 10.5 Å². The summed E-state index contributed by atoms with van der Waals surface area (Å²) in [6.45, 7) is -0.169. The van der Waals surface area contributed by atoms with Gasteiger partial charge in [-0.1, -0.05) is 11.6 Å². The van der Waals surface area contributed by atoms with Gasteiger partial charge in [-0.05, 0) is 48.0 Å². The average molecular weight is 335 g/mol. The van der Waals surface area contributed by atoms with E-state index in [9.17, 15) is 9.90 Å². The number of methoxy groups -OCH3 is 1. The van der Waals surface area contributed by atoms with Crippen molar-refractivity contribution in [1.82, 2.24) is 5.43 Å². The van der Waals surface area contributed by atoms with Crippen LogP contribution in [-0.4, -0.2) is 30.9 Å². The molecule has 0 unspecified atom stereocenters. The lowest BCUT2D eigenvalue weighted by Gasteiger charge is -2.05. The predicted octanol–water partition coefficient (Wildman–Crippen LogP) is 2.58. The van der Waals surface area contributed by atoms with E-state index in [0.29, 0.717) is 22.1 Å². The molecule has 1 amide bonds. The van der Waals surface area contributed by atoms with Gasteiger partial charge >= 0.3 is 0 Å². The normalized spacial score (nSPS) is 10.5. The van der Waals surface area contributed by atoms with E-state index in [1.54, 1.807) is 36.4 Å². The Hall–Kier alpha value is -2.73. The molecule has 0 saturated heterocycles. The van der Waals surface area contributed by atoms with Crippen LogP contribution < -0.4 is 14.9 Å². The lowest BCUT2D eigenvalue weighted by Crippen LogP contribution is -2.24. The zero-order valence-corrected chi connectivity index (χ0v) is 13.1. The lowest BCUT2D eigenvalue weighted by atomic mass is 10.2. The molecule has 0 aliphatic rings. The summed E-state index contributed by atoms with van der Waals surface area (Å²) in [6, 6.07) is 11.4. The first-order valence-electron chi connectivity index (χ1n) is 6.66. The van der Waals surface area contributed by atoms with Crippen LogP contribution >= 0.6 is 11.6 Å². The molecule has 0 heterocycles. The second-order valence-corrected chi connectivity index (χ2v) is 4.90. The quantitative estimate of drug-likeness (QED) is 0.628. The van der Waals surface area contributed by atoms with Gasteiger partial charge in [-0.2, -0.15) is 5.10 Å². The summed E-state index contributed by atoms with van der Waals surface area (Å²) in [7, 11) is 1.45. The van der Waals surface area contributed by atoms with Crippen LogP contribution in [-0.2, 0) is 4.79 Å². The number of benzene rings is 2. The van der Waals surface area contributed by atoms with Gasteiger partial charge in [0, 0.05) is 5.02 Å². The minimum atomic E-state index is -0.401. The Balaban J connectivity index is 1.82. The molecule has 23 heavy (non-hydrogen) atoms. The van der Waals surface area contributed by atoms with Crippen LogP contribution in [0.2, 0.25) is 5.02 Å². The minimum Gasteiger partial charge on any atom is -0.504 e. The Labute approximate surface area is 138 Å². The second-order valence-electron chi connectivity index (χ2n) is 4.47. The monoisotopic (exact) mass is 334 g/mol. The van der Waals surface area contributed by atoms with Gasteiger partial charge in [0.15, 0.2) is 18.1 Å². The fraction of sp³-hybridized carbons (Fsp3) is 0.125. The third-order valence-corrected chi connectivity index (χ3v) is 3.04. The summed E-state index contributed by atoms with van der Waals surface area (Å²) in [5, 5.41) is 13.9. The standard InChI is InChI=1S/C16H15ClN2O4/c1-22-15-8-11(2-7-14(15)20)9-18-19-16(21)10-23-13-5-3-12(17)4-6-13/h2-9,20H,10H2,1H3,(H,19,21)/b18-9+. The van der Waals surface area contributed by atoms with Crippen molar-refractivity contribution >= 4 is 23.7 Å². The van der Waals surface area contributed by atoms with Gasteiger partial charge in [0.05, 0.1) is 13.3 Å². The van der Waals surface area contributed by atoms with Crippen molar-refractivity contribution in [2.45, 2.75) is 0 Å². The number of halogens is 1. The Morgan fingerprint density at radius 2 is 2.04 bits per heavy atom. The molecule has 7 heteroatoms. The summed E-state index contributed by atoms with van der Waals surface area (Å²) >= 11 is 5.75. The predicted molar refractivity (Wildman–Crippen MR) is 87.3 cm³/mol. The zero-order valence-electron chi connectivity index (χ0n) is 12.3. The molecule has 2 N–H and O–H groups in total. The first-order chi connectivity index (χ1) is 11.1. The fourth-order valence-corrected chi connectivity index (χ4v) is 1.79. The van der Waals surface area contributed by atoms with E-state index in [4.69, 9.17) is 21.1 Å². The number of hydrogen-bond acceptors (Lipinski definition) is 5. The summed E-state index contributed by atoms with van der Waals surface area (Å²) in [6.07, 6.45) is 1.43. The molecule has 0 saturated carbocycles. The summed E-state index contributed by atoms with van der Waals surface area (Å²) in [5.74, 6) is 0.496. The Bertz CT molecular complexity index is 702. The first kappa shape index (κ1) is 16.6. The van der Waals surface area contributed by atoms with Gasteiger partial charge in [-0.15, -0.1) is 0 Å². The van der Waals surface area contributed by atoms with Crippen LogP contribution in [0.4, 0.5) is 0 Å². The van der Waals surface area contributed by atoms with Crippen molar-refractivity contribution in [2.75, 3.05) is 13.7 Å². The van der Waals surface area contributed by atoms with E-state index in [1.807, 2.05) is 0 Å². The van der Waals surface area contributed by atoms with E-state index in [1.165, 1.54) is 19.4 Å². The number of nitrogens with one attached hydrogen (secondary N) is 1. The molecule has 0 radical (unpaired) electrons. The number of carbonyl (C=O) groups excluding carboxylic acids is 1. The highest BCUT2D eigenvalue weighted by molar-refractivity contribution is 6.30. The maximum atomic E-state index is 11.6. The topological polar surface area (TPSA) is 80.2 Å². The van der Waals surface area contributed by atoms with Gasteiger partial charge in [-0.3, -0.25) is 4.79 Å². The maximum absolute atomic E-state index is 11.6. The average Bonchev–Trinajstić information content (AvgIpc) is 2.56. The van der Waals surface area contributed by atoms with E-state index in [-0.39, 0.29) is 12.4 Å². The number of rotatable bonds is 6. The van der Waals surface area contributed by atoms with Crippen LogP contribution in [0.1, 0.15) is 5.56 Å². The van der Waals surface area contributed by atoms with Crippen molar-refractivity contribution in [3.63, 3.8) is 0 Å². The molecule has 2 rings (SSSR count). The zero-order chi connectivity index (χ0) is 16.7. The Kier molecular flexibility index (Phi) is 5.82. The molecule has 0 atom stereocenters. The minimum absolute atomic E-state index is 0.0325. The van der Waals surface area contributed by atoms with Crippen LogP contribution in [0.3, 0.4) is 0 Å². The van der Waals surface area contributed by atoms with Crippen LogP contribution in [0.5, 0.6) is 17.2 Å². The molecular weight excluding hydrogens is 320 g/mol. The highest BCUT2D eigenvalue weighted by atomic mass is 35.5. The molecular formula is C16H15ClN2O4. The second kappa shape index (κ2) is 8.05. The van der Waals surface area contributed by atoms with Crippen molar-refractivity contribution < 1.29 is 19.4 Å². The molecule has 2 aromatic rings. The number of amides is 1. The smallest absolute Gasteiger partial charge is 0.277 e. The number of hydrazone groups is 1. The number of nitrogens with zero attached hydrogens (tertiary/aromatic N) is 1. The molecule has 6 nitrogen and oxygen atoms in total. The van der Waals surface area contributed by atoms with Crippen molar-refractivity contribution in [2.24, 2.45) is 5.10 Å². The Morgan fingerprint density at radius 1 is 1.30 bits per heavy atom. The highest BCUT2D eigenvalue weighted by Gasteiger charge is 2.03. The van der Waals surface area contributed by atoms with Gasteiger partial charge in [0.1, 0.15) is 5.75 Å². The summed E-state index contributed by atoms with van der Waals surface area (Å²) in [4.78, 5) is 11.6. The largest absolute Gasteiger partial charge is 0.504 e. The highest BCUT2D eigenvalue weighted by Crippen LogP contribution is 2.25. The van der Waals surface area contributed by atoms with E-state index >= 15 is 0 Å². The van der Waals surface area contributed by atoms with E-state index < -0.39 is 5.91 Å². The molecule has 0 aromatic heterocycles. The number of phenolic OH excluding ortho intramolecular Hbond substituents is 1. The molecule has 0 aliphatic heterocycles. The van der Waals surface area contributed by atoms with Gasteiger partial charge < -0.3 is 14.6 Å². The molecule has 0 bridgehead atoms. The lowest BCUT2D eigenvalue weighted by molar-refractivity contribution is -0.123. The van der Waals surface area contributed by atoms with Crippen molar-refractivity contribution in [3.05, 3.63) is 53.1 Å². The summed E-state index contributed by atoms with van der Waals surface area (Å²) in [5.41, 5.74) is 3.01. The van der Waals surface area contributed by atoms with Crippen molar-refractivity contribution in [1.29, 1.82) is 0 Å². The molecule has 0 aliphatic carbocycles. The molecule has 0 spiro atoms. The molecule has 120 valence electrons. The van der Waals surface area contributed by atoms with Gasteiger partial charge in [0.2, 0.25) is 0 Å². The fourth-order valence-electron chi connectivity index (χ4n) is 1.67. The number of ether oxygens (including phenoxy) is 2. The van der Waals surface area contributed by atoms with Crippen LogP contribution in [0.15, 0.2) is 47.6 Å². The first-order valence-corrected chi connectivity index (χ1v) is 7.03. The molecule has 2 aromatic carbocycles.